The molecule has 0 spiro atoms. The Morgan fingerprint density at radius 2 is 2.08 bits per heavy atom. The number of carbonyl (C=O) groups excluding carboxylic acids is 2. The predicted octanol–water partition coefficient (Wildman–Crippen LogP) is 1.04. The second-order valence-electron chi connectivity index (χ2n) is 6.17. The largest absolute Gasteiger partial charge is 0.417 e. The molecule has 0 bridgehead atoms. The van der Waals surface area contributed by atoms with Gasteiger partial charge in [-0.05, 0) is 37.0 Å². The maximum absolute atomic E-state index is 12.2. The number of nitrogens with zero attached hydrogens (tertiary/aromatic N) is 1. The smallest absolute Gasteiger partial charge is 0.408 e. The van der Waals surface area contributed by atoms with Gasteiger partial charge in [-0.15, -0.1) is 0 Å². The Kier molecular flexibility index (Phi) is 4.69. The molecule has 1 aliphatic rings. The van der Waals surface area contributed by atoms with Gasteiger partial charge >= 0.3 is 5.76 Å². The second-order valence-corrected chi connectivity index (χ2v) is 6.17. The number of amides is 2. The summed E-state index contributed by atoms with van der Waals surface area (Å²) in [6.07, 6.45) is 2.10. The van der Waals surface area contributed by atoms with Crippen LogP contribution in [-0.4, -0.2) is 41.3 Å². The number of benzene rings is 1. The molecule has 1 aromatic carbocycles. The van der Waals surface area contributed by atoms with Gasteiger partial charge in [-0.25, -0.2) is 4.79 Å². The molecule has 7 nitrogen and oxygen atoms in total. The fraction of sp³-hybridized carbons (Fsp3) is 0.471. The Balaban J connectivity index is 1.47. The minimum absolute atomic E-state index is 0.0224. The highest BCUT2D eigenvalue weighted by Gasteiger charge is 2.25. The van der Waals surface area contributed by atoms with Gasteiger partial charge in [0.2, 0.25) is 11.8 Å². The first-order chi connectivity index (χ1) is 11.5. The average molecular weight is 331 g/mol. The van der Waals surface area contributed by atoms with Gasteiger partial charge in [0.1, 0.15) is 0 Å². The van der Waals surface area contributed by atoms with Crippen LogP contribution in [0.5, 0.6) is 0 Å². The fourth-order valence-corrected chi connectivity index (χ4v) is 3.08. The summed E-state index contributed by atoms with van der Waals surface area (Å²) in [6, 6.07) is 5.52. The van der Waals surface area contributed by atoms with Crippen LogP contribution < -0.4 is 11.1 Å². The summed E-state index contributed by atoms with van der Waals surface area (Å²) in [5.41, 5.74) is 2.20. The van der Waals surface area contributed by atoms with Gasteiger partial charge in [0.25, 0.3) is 0 Å². The number of aromatic amines is 1. The van der Waals surface area contributed by atoms with Gasteiger partial charge in [-0.2, -0.15) is 0 Å². The topological polar surface area (TPSA) is 95.4 Å². The number of hydrogen-bond donors (Lipinski definition) is 2. The number of H-pyrrole nitrogens is 1. The van der Waals surface area contributed by atoms with Crippen molar-refractivity contribution in [3.8, 4) is 0 Å². The molecule has 1 fully saturated rings. The maximum Gasteiger partial charge on any atom is 0.417 e. The highest BCUT2D eigenvalue weighted by Crippen LogP contribution is 2.17. The number of hydrogen-bond acceptors (Lipinski definition) is 4. The lowest BCUT2D eigenvalue weighted by Gasteiger charge is -2.30. The predicted molar refractivity (Wildman–Crippen MR) is 88.5 cm³/mol. The molecule has 1 aliphatic heterocycles. The number of fused-ring (bicyclic) bond motifs is 1. The molecule has 2 aromatic rings. The average Bonchev–Trinajstić information content (AvgIpc) is 2.94. The van der Waals surface area contributed by atoms with Crippen molar-refractivity contribution in [1.29, 1.82) is 0 Å². The van der Waals surface area contributed by atoms with Gasteiger partial charge in [-0.3, -0.25) is 14.6 Å². The van der Waals surface area contributed by atoms with Crippen molar-refractivity contribution >= 4 is 22.9 Å². The molecular weight excluding hydrogens is 310 g/mol. The zero-order chi connectivity index (χ0) is 17.1. The first-order valence-electron chi connectivity index (χ1n) is 8.18. The van der Waals surface area contributed by atoms with E-state index in [-0.39, 0.29) is 17.7 Å². The Labute approximate surface area is 139 Å². The third-order valence-corrected chi connectivity index (χ3v) is 4.51. The van der Waals surface area contributed by atoms with Crippen molar-refractivity contribution in [2.75, 3.05) is 19.6 Å². The first kappa shape index (κ1) is 16.3. The van der Waals surface area contributed by atoms with Crippen LogP contribution in [0.15, 0.2) is 27.4 Å². The Morgan fingerprint density at radius 3 is 2.79 bits per heavy atom. The Bertz CT molecular complexity index is 800. The molecule has 0 unspecified atom stereocenters. The number of rotatable bonds is 4. The van der Waals surface area contributed by atoms with Gasteiger partial charge in [-0.1, -0.05) is 6.07 Å². The van der Waals surface area contributed by atoms with E-state index in [1.165, 1.54) is 0 Å². The lowest BCUT2D eigenvalue weighted by Crippen LogP contribution is -2.42. The Hall–Kier alpha value is -2.57. The van der Waals surface area contributed by atoms with Crippen LogP contribution in [0.25, 0.3) is 11.1 Å². The number of carbonyl (C=O) groups is 2. The molecule has 0 atom stereocenters. The van der Waals surface area contributed by atoms with E-state index in [0.29, 0.717) is 50.0 Å². The van der Waals surface area contributed by atoms with Crippen molar-refractivity contribution < 1.29 is 14.0 Å². The number of oxazole rings is 1. The summed E-state index contributed by atoms with van der Waals surface area (Å²) in [4.78, 5) is 39.0. The van der Waals surface area contributed by atoms with Gasteiger partial charge in [0.15, 0.2) is 5.58 Å². The van der Waals surface area contributed by atoms with Crippen LogP contribution in [0.2, 0.25) is 0 Å². The van der Waals surface area contributed by atoms with E-state index in [0.717, 1.165) is 5.56 Å². The summed E-state index contributed by atoms with van der Waals surface area (Å²) in [5, 5.41) is 2.96. The van der Waals surface area contributed by atoms with E-state index >= 15 is 0 Å². The van der Waals surface area contributed by atoms with Crippen LogP contribution in [0.4, 0.5) is 0 Å². The third kappa shape index (κ3) is 3.67. The van der Waals surface area contributed by atoms with Crippen molar-refractivity contribution in [1.82, 2.24) is 15.2 Å². The van der Waals surface area contributed by atoms with Crippen LogP contribution >= 0.6 is 0 Å². The SMILES string of the molecule is CC(=O)N1CCC(C(=O)NCCc2ccc3[nH]c(=O)oc3c2)CC1. The van der Waals surface area contributed by atoms with E-state index in [4.69, 9.17) is 4.42 Å². The number of piperidine rings is 1. The lowest BCUT2D eigenvalue weighted by atomic mass is 9.96. The van der Waals surface area contributed by atoms with Crippen LogP contribution in [0, 0.1) is 5.92 Å². The molecule has 2 amide bonds. The molecule has 2 N–H and O–H groups in total. The van der Waals surface area contributed by atoms with Crippen molar-refractivity contribution in [2.24, 2.45) is 5.92 Å². The van der Waals surface area contributed by atoms with E-state index < -0.39 is 5.76 Å². The molecule has 7 heteroatoms. The first-order valence-corrected chi connectivity index (χ1v) is 8.18. The molecule has 0 aliphatic carbocycles. The summed E-state index contributed by atoms with van der Waals surface area (Å²) < 4.78 is 5.03. The molecule has 24 heavy (non-hydrogen) atoms. The molecule has 2 heterocycles. The van der Waals surface area contributed by atoms with E-state index in [2.05, 4.69) is 10.3 Å². The fourth-order valence-electron chi connectivity index (χ4n) is 3.08. The normalized spacial score (nSPS) is 15.6. The minimum Gasteiger partial charge on any atom is -0.408 e. The quantitative estimate of drug-likeness (QED) is 0.875. The molecule has 0 radical (unpaired) electrons. The van der Waals surface area contributed by atoms with Crippen LogP contribution in [0.1, 0.15) is 25.3 Å². The second kappa shape index (κ2) is 6.90. The minimum atomic E-state index is -0.465. The molecular formula is C17H21N3O4. The van der Waals surface area contributed by atoms with E-state index in [1.807, 2.05) is 12.1 Å². The molecule has 0 saturated carbocycles. The molecule has 3 rings (SSSR count). The summed E-state index contributed by atoms with van der Waals surface area (Å²) in [5.74, 6) is -0.369. The highest BCUT2D eigenvalue weighted by molar-refractivity contribution is 5.79. The van der Waals surface area contributed by atoms with Gasteiger partial charge in [0, 0.05) is 32.5 Å². The molecule has 1 saturated heterocycles. The van der Waals surface area contributed by atoms with Crippen molar-refractivity contribution in [2.45, 2.75) is 26.2 Å². The zero-order valence-corrected chi connectivity index (χ0v) is 13.6. The highest BCUT2D eigenvalue weighted by atomic mass is 16.4. The summed E-state index contributed by atoms with van der Waals surface area (Å²) >= 11 is 0. The maximum atomic E-state index is 12.2. The standard InChI is InChI=1S/C17H21N3O4/c1-11(21)20-8-5-13(6-9-20)16(22)18-7-4-12-2-3-14-15(10-12)24-17(23)19-14/h2-3,10,13H,4-9H2,1H3,(H,18,22)(H,19,23). The third-order valence-electron chi connectivity index (χ3n) is 4.51. The summed E-state index contributed by atoms with van der Waals surface area (Å²) in [7, 11) is 0. The number of aromatic nitrogens is 1. The Morgan fingerprint density at radius 1 is 1.33 bits per heavy atom. The van der Waals surface area contributed by atoms with Crippen molar-refractivity contribution in [3.05, 3.63) is 34.3 Å². The monoisotopic (exact) mass is 331 g/mol. The van der Waals surface area contributed by atoms with Gasteiger partial charge in [0.05, 0.1) is 5.52 Å². The summed E-state index contributed by atoms with van der Waals surface area (Å²) in [6.45, 7) is 3.39. The zero-order valence-electron chi connectivity index (χ0n) is 13.6. The van der Waals surface area contributed by atoms with Crippen LogP contribution in [0.3, 0.4) is 0 Å². The molecule has 1 aromatic heterocycles. The lowest BCUT2D eigenvalue weighted by molar-refractivity contribution is -0.133. The van der Waals surface area contributed by atoms with Crippen molar-refractivity contribution in [3.63, 3.8) is 0 Å². The number of likely N-dealkylation sites (tertiary alicyclic amines) is 1. The van der Waals surface area contributed by atoms with Crippen LogP contribution in [-0.2, 0) is 16.0 Å². The molecule has 128 valence electrons. The van der Waals surface area contributed by atoms with Gasteiger partial charge < -0.3 is 14.6 Å². The van der Waals surface area contributed by atoms with E-state index in [9.17, 15) is 14.4 Å². The number of nitrogens with one attached hydrogen (secondary N) is 2. The van der Waals surface area contributed by atoms with E-state index in [1.54, 1.807) is 17.9 Å².